The van der Waals surface area contributed by atoms with Crippen molar-refractivity contribution in [3.8, 4) is 0 Å². The molecule has 1 aromatic carbocycles. The lowest BCUT2D eigenvalue weighted by Gasteiger charge is -2.43. The molecule has 38 heavy (non-hydrogen) atoms. The van der Waals surface area contributed by atoms with Crippen molar-refractivity contribution >= 4 is 34.5 Å². The minimum Gasteiger partial charge on any atom is -0.433 e. The number of hydrogen-bond donors (Lipinski definition) is 2. The topological polar surface area (TPSA) is 127 Å². The maximum Gasteiger partial charge on any atom is 0.310 e. The Morgan fingerprint density at radius 3 is 2.76 bits per heavy atom. The normalized spacial score (nSPS) is 27.3. The van der Waals surface area contributed by atoms with E-state index in [4.69, 9.17) is 9.47 Å². The van der Waals surface area contributed by atoms with E-state index in [1.165, 1.54) is 0 Å². The minimum atomic E-state index is -0.845. The lowest BCUT2D eigenvalue weighted by Crippen LogP contribution is -2.62. The molecule has 2 unspecified atom stereocenters. The number of nitrogens with zero attached hydrogens (tertiary/aromatic N) is 2. The van der Waals surface area contributed by atoms with Crippen molar-refractivity contribution in [2.75, 3.05) is 6.61 Å². The largest absolute Gasteiger partial charge is 0.433 e. The molecule has 2 saturated heterocycles. The second-order valence-corrected chi connectivity index (χ2v) is 9.83. The first kappa shape index (κ1) is 25.8. The third-order valence-corrected chi connectivity index (χ3v) is 7.36. The highest BCUT2D eigenvalue weighted by molar-refractivity contribution is 6.06. The van der Waals surface area contributed by atoms with Crippen molar-refractivity contribution in [2.45, 2.75) is 75.9 Å². The Labute approximate surface area is 220 Å². The lowest BCUT2D eigenvalue weighted by atomic mass is 9.90. The highest BCUT2D eigenvalue weighted by Crippen LogP contribution is 2.29. The maximum atomic E-state index is 13.9. The van der Waals surface area contributed by atoms with Crippen LogP contribution in [0.4, 0.5) is 0 Å². The van der Waals surface area contributed by atoms with E-state index in [-0.39, 0.29) is 30.0 Å². The molecule has 5 rings (SSSR count). The predicted octanol–water partition coefficient (Wildman–Crippen LogP) is 2.23. The molecular formula is C28H32N4O6. The molecule has 10 heteroatoms. The maximum absolute atomic E-state index is 13.9. The van der Waals surface area contributed by atoms with Crippen LogP contribution in [0, 0.1) is 0 Å². The van der Waals surface area contributed by atoms with Crippen molar-refractivity contribution in [3.63, 3.8) is 0 Å². The van der Waals surface area contributed by atoms with Gasteiger partial charge in [0, 0.05) is 24.2 Å². The van der Waals surface area contributed by atoms with Gasteiger partial charge in [0.15, 0.2) is 0 Å². The van der Waals surface area contributed by atoms with Gasteiger partial charge in [0.1, 0.15) is 23.8 Å². The molecule has 0 aliphatic carbocycles. The van der Waals surface area contributed by atoms with Gasteiger partial charge >= 0.3 is 5.97 Å². The number of carbonyl (C=O) groups excluding carboxylic acids is 4. The first-order chi connectivity index (χ1) is 18.5. The van der Waals surface area contributed by atoms with Crippen LogP contribution in [0.5, 0.6) is 0 Å². The molecular weight excluding hydrogens is 488 g/mol. The molecule has 0 bridgehead atoms. The van der Waals surface area contributed by atoms with Crippen LogP contribution in [0.1, 0.15) is 55.9 Å². The second-order valence-electron chi connectivity index (χ2n) is 9.83. The number of nitrogens with one attached hydrogen (secondary N) is 2. The van der Waals surface area contributed by atoms with Gasteiger partial charge in [-0.25, -0.2) is 0 Å². The number of rotatable bonds is 6. The highest BCUT2D eigenvalue weighted by Gasteiger charge is 2.44. The van der Waals surface area contributed by atoms with E-state index in [1.807, 2.05) is 42.5 Å². The number of hydrogen-bond acceptors (Lipinski definition) is 7. The molecule has 5 atom stereocenters. The lowest BCUT2D eigenvalue weighted by molar-refractivity contribution is -0.165. The molecule has 2 aromatic rings. The second kappa shape index (κ2) is 11.3. The monoisotopic (exact) mass is 520 g/mol. The van der Waals surface area contributed by atoms with E-state index in [9.17, 15) is 19.2 Å². The Kier molecular flexibility index (Phi) is 7.69. The van der Waals surface area contributed by atoms with E-state index in [0.29, 0.717) is 31.3 Å². The zero-order chi connectivity index (χ0) is 26.6. The van der Waals surface area contributed by atoms with Gasteiger partial charge in [0.2, 0.25) is 18.1 Å². The van der Waals surface area contributed by atoms with Crippen molar-refractivity contribution in [2.24, 2.45) is 0 Å². The summed E-state index contributed by atoms with van der Waals surface area (Å²) in [7, 11) is 0. The summed E-state index contributed by atoms with van der Waals surface area (Å²) in [4.78, 5) is 58.4. The van der Waals surface area contributed by atoms with Gasteiger partial charge in [-0.3, -0.25) is 24.2 Å². The molecule has 10 nitrogen and oxygen atoms in total. The van der Waals surface area contributed by atoms with Crippen molar-refractivity contribution in [3.05, 3.63) is 54.4 Å². The van der Waals surface area contributed by atoms with Gasteiger partial charge in [0.05, 0.1) is 6.42 Å². The molecule has 0 spiro atoms. The molecule has 0 radical (unpaired) electrons. The number of amides is 3. The van der Waals surface area contributed by atoms with Crippen LogP contribution in [0.15, 0.2) is 48.7 Å². The quantitative estimate of drug-likeness (QED) is 0.442. The summed E-state index contributed by atoms with van der Waals surface area (Å²) in [5.74, 6) is -1.52. The van der Waals surface area contributed by atoms with Crippen molar-refractivity contribution in [1.82, 2.24) is 20.5 Å². The van der Waals surface area contributed by atoms with Crippen LogP contribution < -0.4 is 10.6 Å². The Balaban J connectivity index is 1.36. The number of fused-ring (bicyclic) bond motifs is 2. The number of ether oxygens (including phenoxy) is 2. The summed E-state index contributed by atoms with van der Waals surface area (Å²) in [6.07, 6.45) is 7.64. The fourth-order valence-corrected chi connectivity index (χ4v) is 5.56. The Morgan fingerprint density at radius 1 is 1.11 bits per heavy atom. The Bertz CT molecular complexity index is 1260. The van der Waals surface area contributed by atoms with E-state index < -0.39 is 36.3 Å². The number of esters is 1. The molecule has 0 saturated carbocycles. The van der Waals surface area contributed by atoms with Gasteiger partial charge in [-0.15, -0.1) is 0 Å². The van der Waals surface area contributed by atoms with Crippen LogP contribution >= 0.6 is 0 Å². The highest BCUT2D eigenvalue weighted by atomic mass is 16.7. The van der Waals surface area contributed by atoms with Gasteiger partial charge in [0.25, 0.3) is 5.91 Å². The zero-order valence-electron chi connectivity index (χ0n) is 21.3. The SMILES string of the molecule is CCOC1OC(=O)CC1NC(=O)[C@@H]1CCC[C@@H]2CC=CC[C@H](NC(=O)c3nccc4ccccc34)C(=O)N21. The predicted molar refractivity (Wildman–Crippen MR) is 138 cm³/mol. The molecule has 3 aliphatic rings. The Morgan fingerprint density at radius 2 is 1.92 bits per heavy atom. The fourth-order valence-electron chi connectivity index (χ4n) is 5.56. The zero-order valence-corrected chi connectivity index (χ0v) is 21.3. The van der Waals surface area contributed by atoms with Crippen molar-refractivity contribution in [1.29, 1.82) is 0 Å². The van der Waals surface area contributed by atoms with Crippen molar-refractivity contribution < 1.29 is 28.7 Å². The first-order valence-electron chi connectivity index (χ1n) is 13.2. The molecule has 3 amide bonds. The summed E-state index contributed by atoms with van der Waals surface area (Å²) in [5, 5.41) is 7.35. The van der Waals surface area contributed by atoms with Gasteiger partial charge < -0.3 is 25.0 Å². The summed E-state index contributed by atoms with van der Waals surface area (Å²) in [5.41, 5.74) is 0.249. The van der Waals surface area contributed by atoms with Crippen LogP contribution in [0.2, 0.25) is 0 Å². The van der Waals surface area contributed by atoms with Crippen LogP contribution in [-0.4, -0.2) is 70.6 Å². The standard InChI is InChI=1S/C28H32N4O6/c1-2-37-28-21(16-23(33)38-28)31-25(34)22-13-7-10-18-9-4-6-12-20(27(36)32(18)22)30-26(35)24-19-11-5-3-8-17(19)14-15-29-24/h3-6,8,11,14-15,18,20-22,28H,2,7,9-10,12-13,16H2,1H3,(H,30,35)(H,31,34)/t18-,20-,21?,22-,28?/m0/s1. The summed E-state index contributed by atoms with van der Waals surface area (Å²) >= 11 is 0. The van der Waals surface area contributed by atoms with Gasteiger partial charge in [-0.05, 0) is 50.5 Å². The van der Waals surface area contributed by atoms with E-state index in [2.05, 4.69) is 15.6 Å². The fraction of sp³-hybridized carbons (Fsp3) is 0.464. The summed E-state index contributed by atoms with van der Waals surface area (Å²) < 4.78 is 10.7. The van der Waals surface area contributed by atoms with Crippen LogP contribution in [-0.2, 0) is 23.9 Å². The van der Waals surface area contributed by atoms with Crippen LogP contribution in [0.3, 0.4) is 0 Å². The minimum absolute atomic E-state index is 0.0138. The average Bonchev–Trinajstić information content (AvgIpc) is 3.26. The van der Waals surface area contributed by atoms with E-state index >= 15 is 0 Å². The number of carbonyl (C=O) groups is 4. The van der Waals surface area contributed by atoms with E-state index in [1.54, 1.807) is 18.0 Å². The number of cyclic esters (lactones) is 1. The number of pyridine rings is 1. The Hall–Kier alpha value is -3.79. The smallest absolute Gasteiger partial charge is 0.310 e. The molecule has 2 fully saturated rings. The summed E-state index contributed by atoms with van der Waals surface area (Å²) in [6.45, 7) is 2.12. The third-order valence-electron chi connectivity index (χ3n) is 7.36. The molecule has 200 valence electrons. The molecule has 2 N–H and O–H groups in total. The van der Waals surface area contributed by atoms with Crippen LogP contribution in [0.25, 0.3) is 10.8 Å². The first-order valence-corrected chi connectivity index (χ1v) is 13.2. The summed E-state index contributed by atoms with van der Waals surface area (Å²) in [6, 6.07) is 6.93. The van der Waals surface area contributed by atoms with Gasteiger partial charge in [-0.1, -0.05) is 36.4 Å². The molecule has 4 heterocycles. The number of benzene rings is 1. The number of aromatic nitrogens is 1. The molecule has 1 aromatic heterocycles. The van der Waals surface area contributed by atoms with Gasteiger partial charge in [-0.2, -0.15) is 0 Å². The van der Waals surface area contributed by atoms with E-state index in [0.717, 1.165) is 18.2 Å². The number of piperidine rings is 1. The molecule has 3 aliphatic heterocycles. The third kappa shape index (κ3) is 5.26. The average molecular weight is 521 g/mol.